The van der Waals surface area contributed by atoms with E-state index in [-0.39, 0.29) is 27.4 Å². The third-order valence-electron chi connectivity index (χ3n) is 3.78. The number of sulfonamides is 1. The van der Waals surface area contributed by atoms with E-state index in [0.29, 0.717) is 6.54 Å². The van der Waals surface area contributed by atoms with E-state index in [1.807, 2.05) is 6.92 Å². The summed E-state index contributed by atoms with van der Waals surface area (Å²) in [7, 11) is -2.50. The Morgan fingerprint density at radius 1 is 1.45 bits per heavy atom. The average Bonchev–Trinajstić information content (AvgIpc) is 2.48. The van der Waals surface area contributed by atoms with Crippen molar-refractivity contribution in [1.29, 1.82) is 0 Å². The molecule has 1 aromatic carbocycles. The summed E-state index contributed by atoms with van der Waals surface area (Å²) in [5.74, 6) is -0.326. The van der Waals surface area contributed by atoms with Crippen LogP contribution in [-0.4, -0.2) is 40.6 Å². The lowest BCUT2D eigenvalue weighted by atomic mass is 9.96. The van der Waals surface area contributed by atoms with Crippen molar-refractivity contribution >= 4 is 27.6 Å². The third kappa shape index (κ3) is 3.78. The molecule has 2 unspecified atom stereocenters. The number of benzene rings is 1. The highest BCUT2D eigenvalue weighted by Crippen LogP contribution is 2.24. The van der Waals surface area contributed by atoms with Gasteiger partial charge in [0.1, 0.15) is 4.90 Å². The zero-order valence-corrected chi connectivity index (χ0v) is 14.0. The van der Waals surface area contributed by atoms with Crippen LogP contribution in [0.15, 0.2) is 23.1 Å². The maximum atomic E-state index is 12.5. The second-order valence-electron chi connectivity index (χ2n) is 5.33. The third-order valence-corrected chi connectivity index (χ3v) is 5.75. The van der Waals surface area contributed by atoms with Gasteiger partial charge in [-0.05, 0) is 37.1 Å². The van der Waals surface area contributed by atoms with Crippen molar-refractivity contribution in [3.63, 3.8) is 0 Å². The predicted octanol–water partition coefficient (Wildman–Crippen LogP) is 1.40. The largest absolute Gasteiger partial charge is 0.465 e. The molecule has 0 amide bonds. The molecule has 1 heterocycles. The number of rotatable bonds is 4. The highest BCUT2D eigenvalue weighted by molar-refractivity contribution is 7.89. The predicted molar refractivity (Wildman–Crippen MR) is 83.6 cm³/mol. The van der Waals surface area contributed by atoms with E-state index in [0.717, 1.165) is 13.0 Å². The van der Waals surface area contributed by atoms with Crippen LogP contribution in [0.4, 0.5) is 0 Å². The minimum absolute atomic E-state index is 0.00757. The van der Waals surface area contributed by atoms with Crippen molar-refractivity contribution in [3.8, 4) is 0 Å². The summed E-state index contributed by atoms with van der Waals surface area (Å²) < 4.78 is 32.2. The fourth-order valence-electron chi connectivity index (χ4n) is 2.37. The molecule has 0 aliphatic carbocycles. The minimum atomic E-state index is -3.75. The molecule has 1 saturated heterocycles. The Morgan fingerprint density at radius 3 is 2.77 bits per heavy atom. The molecule has 2 rings (SSSR count). The van der Waals surface area contributed by atoms with Crippen molar-refractivity contribution in [2.45, 2.75) is 24.3 Å². The number of hydrogen-bond donors (Lipinski definition) is 2. The molecule has 0 bridgehead atoms. The normalized spacial score (nSPS) is 22.3. The number of esters is 1. The van der Waals surface area contributed by atoms with Crippen LogP contribution in [-0.2, 0) is 14.8 Å². The number of piperidine rings is 1. The number of methoxy groups -OCH3 is 1. The minimum Gasteiger partial charge on any atom is -0.465 e. The van der Waals surface area contributed by atoms with Crippen LogP contribution in [0.3, 0.4) is 0 Å². The van der Waals surface area contributed by atoms with Crippen LogP contribution >= 0.6 is 11.6 Å². The average molecular weight is 347 g/mol. The second-order valence-corrected chi connectivity index (χ2v) is 7.42. The van der Waals surface area contributed by atoms with Gasteiger partial charge in [0, 0.05) is 12.6 Å². The van der Waals surface area contributed by atoms with Gasteiger partial charge in [-0.3, -0.25) is 0 Å². The lowest BCUT2D eigenvalue weighted by molar-refractivity contribution is 0.0600. The van der Waals surface area contributed by atoms with Gasteiger partial charge in [0.15, 0.2) is 0 Å². The molecule has 0 spiro atoms. The molecule has 1 fully saturated rings. The lowest BCUT2D eigenvalue weighted by Crippen LogP contribution is -2.50. The highest BCUT2D eigenvalue weighted by Gasteiger charge is 2.28. The van der Waals surface area contributed by atoms with Crippen LogP contribution in [0, 0.1) is 5.92 Å². The molecule has 6 nitrogen and oxygen atoms in total. The van der Waals surface area contributed by atoms with Crippen LogP contribution in [0.5, 0.6) is 0 Å². The van der Waals surface area contributed by atoms with E-state index in [4.69, 9.17) is 11.6 Å². The number of hydrogen-bond acceptors (Lipinski definition) is 5. The summed E-state index contributed by atoms with van der Waals surface area (Å²) in [6, 6.07) is 3.81. The summed E-state index contributed by atoms with van der Waals surface area (Å²) in [5, 5.41) is 3.16. The molecule has 0 saturated carbocycles. The van der Waals surface area contributed by atoms with Gasteiger partial charge in [-0.2, -0.15) is 0 Å². The summed E-state index contributed by atoms with van der Waals surface area (Å²) in [6.45, 7) is 3.47. The molecule has 22 heavy (non-hydrogen) atoms. The van der Waals surface area contributed by atoms with E-state index < -0.39 is 16.0 Å². The molecular weight excluding hydrogens is 328 g/mol. The van der Waals surface area contributed by atoms with E-state index >= 15 is 0 Å². The number of nitrogens with one attached hydrogen (secondary N) is 2. The second kappa shape index (κ2) is 6.95. The van der Waals surface area contributed by atoms with E-state index in [2.05, 4.69) is 14.8 Å². The first-order chi connectivity index (χ1) is 10.3. The highest BCUT2D eigenvalue weighted by atomic mass is 35.5. The Kier molecular flexibility index (Phi) is 5.44. The molecule has 1 aliphatic rings. The Balaban J connectivity index is 2.24. The number of carbonyl (C=O) groups is 1. The molecular formula is C14H19ClN2O4S. The Morgan fingerprint density at radius 2 is 2.18 bits per heavy atom. The molecule has 1 aliphatic heterocycles. The fraction of sp³-hybridized carbons (Fsp3) is 0.500. The summed E-state index contributed by atoms with van der Waals surface area (Å²) >= 11 is 6.03. The zero-order valence-electron chi connectivity index (χ0n) is 12.4. The van der Waals surface area contributed by atoms with Crippen molar-refractivity contribution in [3.05, 3.63) is 28.8 Å². The van der Waals surface area contributed by atoms with Gasteiger partial charge in [-0.15, -0.1) is 0 Å². The molecule has 0 radical (unpaired) electrons. The first kappa shape index (κ1) is 17.2. The van der Waals surface area contributed by atoms with Gasteiger partial charge in [0.25, 0.3) is 0 Å². The quantitative estimate of drug-likeness (QED) is 0.805. The topological polar surface area (TPSA) is 84.5 Å². The first-order valence-corrected chi connectivity index (χ1v) is 8.82. The molecule has 1 aromatic rings. The Labute approximate surface area is 135 Å². The molecule has 8 heteroatoms. The van der Waals surface area contributed by atoms with Gasteiger partial charge in [0.2, 0.25) is 10.0 Å². The fourth-order valence-corrected chi connectivity index (χ4v) is 4.26. The zero-order chi connectivity index (χ0) is 16.3. The van der Waals surface area contributed by atoms with E-state index in [1.165, 1.54) is 25.3 Å². The number of halogens is 1. The van der Waals surface area contributed by atoms with Crippen molar-refractivity contribution in [1.82, 2.24) is 10.0 Å². The van der Waals surface area contributed by atoms with Crippen molar-refractivity contribution in [2.24, 2.45) is 5.92 Å². The summed E-state index contributed by atoms with van der Waals surface area (Å²) in [5.41, 5.74) is 0.208. The van der Waals surface area contributed by atoms with Crippen molar-refractivity contribution < 1.29 is 17.9 Å². The van der Waals surface area contributed by atoms with Crippen LogP contribution in [0.1, 0.15) is 23.7 Å². The van der Waals surface area contributed by atoms with Crippen molar-refractivity contribution in [2.75, 3.05) is 20.2 Å². The van der Waals surface area contributed by atoms with E-state index in [1.54, 1.807) is 0 Å². The van der Waals surface area contributed by atoms with Gasteiger partial charge in [0.05, 0.1) is 17.7 Å². The van der Waals surface area contributed by atoms with Crippen LogP contribution in [0.2, 0.25) is 5.02 Å². The maximum Gasteiger partial charge on any atom is 0.337 e. The number of ether oxygens (including phenoxy) is 1. The summed E-state index contributed by atoms with van der Waals surface area (Å²) in [6.07, 6.45) is 0.905. The van der Waals surface area contributed by atoms with Gasteiger partial charge in [-0.25, -0.2) is 17.9 Å². The van der Waals surface area contributed by atoms with Gasteiger partial charge in [-0.1, -0.05) is 18.5 Å². The molecule has 0 aromatic heterocycles. The Hall–Kier alpha value is -1.15. The van der Waals surface area contributed by atoms with Crippen LogP contribution in [0.25, 0.3) is 0 Å². The van der Waals surface area contributed by atoms with Gasteiger partial charge >= 0.3 is 5.97 Å². The lowest BCUT2D eigenvalue weighted by Gasteiger charge is -2.30. The number of carbonyl (C=O) groups excluding carboxylic acids is 1. The molecule has 2 N–H and O–H groups in total. The Bertz CT molecular complexity index is 663. The standard InChI is InChI=1S/C14H19ClN2O4S/c1-9-5-6-16-8-12(9)17-22(19,20)13-4-3-10(7-11(13)15)14(18)21-2/h3-4,7,9,12,16-17H,5-6,8H2,1-2H3. The van der Waals surface area contributed by atoms with Crippen LogP contribution < -0.4 is 10.0 Å². The SMILES string of the molecule is COC(=O)c1ccc(S(=O)(=O)NC2CNCCC2C)c(Cl)c1. The van der Waals surface area contributed by atoms with Gasteiger partial charge < -0.3 is 10.1 Å². The maximum absolute atomic E-state index is 12.5. The molecule has 2 atom stereocenters. The molecule has 122 valence electrons. The monoisotopic (exact) mass is 346 g/mol. The smallest absolute Gasteiger partial charge is 0.337 e. The van der Waals surface area contributed by atoms with E-state index in [9.17, 15) is 13.2 Å². The summed E-state index contributed by atoms with van der Waals surface area (Å²) in [4.78, 5) is 11.4. The first-order valence-electron chi connectivity index (χ1n) is 6.96.